The first kappa shape index (κ1) is 19.8. The molecule has 2 aromatic rings. The molecule has 1 aromatic heterocycles. The number of benzene rings is 1. The van der Waals surface area contributed by atoms with Crippen LogP contribution in [0.5, 0.6) is 0 Å². The van der Waals surface area contributed by atoms with Gasteiger partial charge in [-0.15, -0.1) is 0 Å². The standard InChI is InChI=1S/C22H26N4O2/c1-4-5-6-7-15(2)20-16(3)21(26-25-20)22(27)24-18-10-8-17(9-11-18)19-14-23-12-13-28-19/h4-11,19,23H,1,12-14H2,2-3H3,(H,24,27)(H,25,26)/b6-5-,15-7+. The summed E-state index contributed by atoms with van der Waals surface area (Å²) in [5, 5.41) is 13.4. The SMILES string of the molecule is C=C/C=C\C=C(/C)c1n[nH]c(C(=O)Nc2ccc(C3CNCCO3)cc2)c1C. The molecule has 1 saturated heterocycles. The molecule has 1 unspecified atom stereocenters. The van der Waals surface area contributed by atoms with E-state index in [2.05, 4.69) is 27.4 Å². The molecule has 1 amide bonds. The van der Waals surface area contributed by atoms with Gasteiger partial charge in [-0.25, -0.2) is 0 Å². The molecule has 3 rings (SSSR count). The Balaban J connectivity index is 1.68. The van der Waals surface area contributed by atoms with Crippen LogP contribution in [0.3, 0.4) is 0 Å². The molecular formula is C22H26N4O2. The summed E-state index contributed by atoms with van der Waals surface area (Å²) in [6.45, 7) is 9.89. The number of carbonyl (C=O) groups excluding carboxylic acids is 1. The average Bonchev–Trinajstić information content (AvgIpc) is 3.11. The normalized spacial score (nSPS) is 17.6. The second-order valence-corrected chi connectivity index (χ2v) is 6.68. The van der Waals surface area contributed by atoms with Crippen LogP contribution in [0.15, 0.2) is 55.1 Å². The number of amides is 1. The predicted octanol–water partition coefficient (Wildman–Crippen LogP) is 3.78. The minimum Gasteiger partial charge on any atom is -0.371 e. The molecular weight excluding hydrogens is 352 g/mol. The first-order valence-corrected chi connectivity index (χ1v) is 9.35. The lowest BCUT2D eigenvalue weighted by Crippen LogP contribution is -2.33. The van der Waals surface area contributed by atoms with Crippen LogP contribution in [-0.2, 0) is 4.74 Å². The fraction of sp³-hybridized carbons (Fsp3) is 0.273. The van der Waals surface area contributed by atoms with Crippen molar-refractivity contribution in [3.8, 4) is 0 Å². The van der Waals surface area contributed by atoms with Crippen LogP contribution < -0.4 is 10.6 Å². The van der Waals surface area contributed by atoms with Crippen molar-refractivity contribution in [1.82, 2.24) is 15.5 Å². The lowest BCUT2D eigenvalue weighted by molar-refractivity contribution is 0.0277. The van der Waals surface area contributed by atoms with Crippen molar-refractivity contribution in [3.63, 3.8) is 0 Å². The first-order valence-electron chi connectivity index (χ1n) is 9.35. The number of nitrogens with one attached hydrogen (secondary N) is 3. The van der Waals surface area contributed by atoms with Gasteiger partial charge in [0, 0.05) is 24.3 Å². The number of morpholine rings is 1. The fourth-order valence-corrected chi connectivity index (χ4v) is 3.11. The Morgan fingerprint density at radius 1 is 1.32 bits per heavy atom. The van der Waals surface area contributed by atoms with E-state index in [9.17, 15) is 4.79 Å². The van der Waals surface area contributed by atoms with Crippen molar-refractivity contribution < 1.29 is 9.53 Å². The smallest absolute Gasteiger partial charge is 0.273 e. The third kappa shape index (κ3) is 4.65. The lowest BCUT2D eigenvalue weighted by atomic mass is 10.1. The molecule has 1 atom stereocenters. The Bertz CT molecular complexity index is 888. The van der Waals surface area contributed by atoms with Crippen molar-refractivity contribution in [3.05, 3.63) is 77.7 Å². The quantitative estimate of drug-likeness (QED) is 0.669. The molecule has 0 bridgehead atoms. The van der Waals surface area contributed by atoms with Crippen LogP contribution >= 0.6 is 0 Å². The Hall–Kier alpha value is -2.96. The molecule has 1 aliphatic rings. The summed E-state index contributed by atoms with van der Waals surface area (Å²) >= 11 is 0. The molecule has 6 heteroatoms. The van der Waals surface area contributed by atoms with Gasteiger partial charge in [0.2, 0.25) is 0 Å². The Morgan fingerprint density at radius 2 is 2.11 bits per heavy atom. The molecule has 0 aliphatic carbocycles. The van der Waals surface area contributed by atoms with Gasteiger partial charge in [-0.1, -0.05) is 43.0 Å². The van der Waals surface area contributed by atoms with Crippen molar-refractivity contribution >= 4 is 17.2 Å². The maximum atomic E-state index is 12.7. The van der Waals surface area contributed by atoms with Crippen LogP contribution in [0.1, 0.15) is 40.3 Å². The highest BCUT2D eigenvalue weighted by Gasteiger charge is 2.18. The minimum atomic E-state index is -0.214. The van der Waals surface area contributed by atoms with Gasteiger partial charge in [-0.05, 0) is 37.1 Å². The van der Waals surface area contributed by atoms with E-state index in [0.29, 0.717) is 12.3 Å². The zero-order chi connectivity index (χ0) is 19.9. The monoisotopic (exact) mass is 378 g/mol. The highest BCUT2D eigenvalue weighted by molar-refractivity contribution is 6.04. The third-order valence-corrected chi connectivity index (χ3v) is 4.67. The van der Waals surface area contributed by atoms with E-state index >= 15 is 0 Å². The van der Waals surface area contributed by atoms with Gasteiger partial charge in [0.1, 0.15) is 5.69 Å². The second-order valence-electron chi connectivity index (χ2n) is 6.68. The largest absolute Gasteiger partial charge is 0.371 e. The molecule has 3 N–H and O–H groups in total. The summed E-state index contributed by atoms with van der Waals surface area (Å²) in [6.07, 6.45) is 7.44. The van der Waals surface area contributed by atoms with E-state index in [1.165, 1.54) is 0 Å². The van der Waals surface area contributed by atoms with E-state index in [4.69, 9.17) is 4.74 Å². The second kappa shape index (κ2) is 9.30. The number of ether oxygens (including phenoxy) is 1. The number of aromatic nitrogens is 2. The van der Waals surface area contributed by atoms with Gasteiger partial charge in [0.05, 0.1) is 18.4 Å². The van der Waals surface area contributed by atoms with E-state index < -0.39 is 0 Å². The number of carbonyl (C=O) groups is 1. The van der Waals surface area contributed by atoms with Crippen molar-refractivity contribution in [2.24, 2.45) is 0 Å². The van der Waals surface area contributed by atoms with Crippen molar-refractivity contribution in [1.29, 1.82) is 0 Å². The number of allylic oxidation sites excluding steroid dienone is 5. The van der Waals surface area contributed by atoms with Crippen LogP contribution in [0, 0.1) is 6.92 Å². The van der Waals surface area contributed by atoms with Gasteiger partial charge < -0.3 is 15.4 Å². The zero-order valence-corrected chi connectivity index (χ0v) is 16.3. The van der Waals surface area contributed by atoms with Crippen LogP contribution in [0.2, 0.25) is 0 Å². The molecule has 1 aliphatic heterocycles. The zero-order valence-electron chi connectivity index (χ0n) is 16.3. The number of hydrogen-bond donors (Lipinski definition) is 3. The Labute approximate surface area is 165 Å². The molecule has 28 heavy (non-hydrogen) atoms. The van der Waals surface area contributed by atoms with Gasteiger partial charge in [0.25, 0.3) is 5.91 Å². The number of nitrogens with zero attached hydrogens (tertiary/aromatic N) is 1. The Morgan fingerprint density at radius 3 is 2.79 bits per heavy atom. The summed E-state index contributed by atoms with van der Waals surface area (Å²) in [5.41, 5.74) is 4.84. The molecule has 0 saturated carbocycles. The van der Waals surface area contributed by atoms with E-state index in [0.717, 1.165) is 41.2 Å². The summed E-state index contributed by atoms with van der Waals surface area (Å²) in [6, 6.07) is 7.75. The van der Waals surface area contributed by atoms with Crippen molar-refractivity contribution in [2.75, 3.05) is 25.0 Å². The topological polar surface area (TPSA) is 79.0 Å². The number of H-pyrrole nitrogens is 1. The van der Waals surface area contributed by atoms with Gasteiger partial charge >= 0.3 is 0 Å². The molecule has 2 heterocycles. The molecule has 0 spiro atoms. The maximum Gasteiger partial charge on any atom is 0.273 e. The number of hydrogen-bond acceptors (Lipinski definition) is 4. The minimum absolute atomic E-state index is 0.0563. The predicted molar refractivity (Wildman–Crippen MR) is 112 cm³/mol. The average molecular weight is 378 g/mol. The summed E-state index contributed by atoms with van der Waals surface area (Å²) in [7, 11) is 0. The number of anilines is 1. The molecule has 6 nitrogen and oxygen atoms in total. The van der Waals surface area contributed by atoms with E-state index in [-0.39, 0.29) is 12.0 Å². The van der Waals surface area contributed by atoms with Crippen LogP contribution in [0.4, 0.5) is 5.69 Å². The Kier molecular flexibility index (Phi) is 6.57. The summed E-state index contributed by atoms with van der Waals surface area (Å²) in [5.74, 6) is -0.214. The van der Waals surface area contributed by atoms with E-state index in [1.807, 2.05) is 56.3 Å². The molecule has 1 aromatic carbocycles. The van der Waals surface area contributed by atoms with Gasteiger partial charge in [0.15, 0.2) is 0 Å². The highest BCUT2D eigenvalue weighted by atomic mass is 16.5. The molecule has 0 radical (unpaired) electrons. The van der Waals surface area contributed by atoms with Gasteiger partial charge in [-0.3, -0.25) is 9.89 Å². The van der Waals surface area contributed by atoms with Crippen LogP contribution in [-0.4, -0.2) is 35.8 Å². The highest BCUT2D eigenvalue weighted by Crippen LogP contribution is 2.22. The first-order chi connectivity index (χ1) is 13.6. The van der Waals surface area contributed by atoms with Crippen LogP contribution in [0.25, 0.3) is 5.57 Å². The van der Waals surface area contributed by atoms with E-state index in [1.54, 1.807) is 6.08 Å². The summed E-state index contributed by atoms with van der Waals surface area (Å²) < 4.78 is 5.75. The van der Waals surface area contributed by atoms with Gasteiger partial charge in [-0.2, -0.15) is 5.10 Å². The summed E-state index contributed by atoms with van der Waals surface area (Å²) in [4.78, 5) is 12.7. The number of aromatic amines is 1. The van der Waals surface area contributed by atoms with Crippen molar-refractivity contribution in [2.45, 2.75) is 20.0 Å². The fourth-order valence-electron chi connectivity index (χ4n) is 3.11. The number of rotatable bonds is 6. The molecule has 1 fully saturated rings. The maximum absolute atomic E-state index is 12.7. The lowest BCUT2D eigenvalue weighted by Gasteiger charge is -2.24. The molecule has 146 valence electrons. The third-order valence-electron chi connectivity index (χ3n) is 4.67.